The molecule has 0 radical (unpaired) electrons. The summed E-state index contributed by atoms with van der Waals surface area (Å²) in [4.78, 5) is 18.7. The Kier molecular flexibility index (Phi) is 4.34. The van der Waals surface area contributed by atoms with Crippen LogP contribution in [0.3, 0.4) is 0 Å². The molecule has 6 rings (SSSR count). The van der Waals surface area contributed by atoms with Gasteiger partial charge in [0.15, 0.2) is 0 Å². The summed E-state index contributed by atoms with van der Waals surface area (Å²) in [6.07, 6.45) is 4.97. The molecule has 9 nitrogen and oxygen atoms in total. The number of rotatable bonds is 4. The van der Waals surface area contributed by atoms with E-state index in [0.717, 1.165) is 29.6 Å². The van der Waals surface area contributed by atoms with Crippen LogP contribution in [-0.4, -0.2) is 42.7 Å². The molecule has 1 aliphatic rings. The Morgan fingerprint density at radius 3 is 2.76 bits per heavy atom. The van der Waals surface area contributed by atoms with Crippen molar-refractivity contribution >= 4 is 16.6 Å². The molecule has 166 valence electrons. The Balaban J connectivity index is 1.66. The number of ether oxygens (including phenoxy) is 2. The minimum Gasteiger partial charge on any atom is -0.497 e. The second-order valence-corrected chi connectivity index (χ2v) is 8.30. The summed E-state index contributed by atoms with van der Waals surface area (Å²) in [5, 5.41) is 8.37. The van der Waals surface area contributed by atoms with E-state index in [4.69, 9.17) is 9.47 Å². The molecule has 3 aromatic heterocycles. The molecular weight excluding hydrogens is 420 g/mol. The zero-order valence-electron chi connectivity index (χ0n) is 18.3. The number of hydrogen-bond donors (Lipinski definition) is 0. The van der Waals surface area contributed by atoms with Crippen LogP contribution in [-0.2, 0) is 10.5 Å². The van der Waals surface area contributed by atoms with Crippen LogP contribution in [0.2, 0.25) is 0 Å². The number of para-hydroxylation sites is 2. The van der Waals surface area contributed by atoms with Crippen LogP contribution in [0.15, 0.2) is 65.8 Å². The predicted octanol–water partition coefficient (Wildman–Crippen LogP) is 3.39. The number of hydrogen-bond acceptors (Lipinski definition) is 6. The molecule has 1 unspecified atom stereocenters. The molecule has 0 aliphatic carbocycles. The van der Waals surface area contributed by atoms with E-state index in [1.165, 1.54) is 0 Å². The van der Waals surface area contributed by atoms with Gasteiger partial charge >= 0.3 is 0 Å². The van der Waals surface area contributed by atoms with Gasteiger partial charge in [-0.2, -0.15) is 0 Å². The van der Waals surface area contributed by atoms with Crippen molar-refractivity contribution < 1.29 is 9.47 Å². The average molecular weight is 442 g/mol. The molecule has 1 saturated heterocycles. The Morgan fingerprint density at radius 1 is 1.12 bits per heavy atom. The molecule has 0 amide bonds. The maximum Gasteiger partial charge on any atom is 0.280 e. The molecule has 4 heterocycles. The number of fused-ring (bicyclic) bond motifs is 3. The van der Waals surface area contributed by atoms with Gasteiger partial charge in [0.25, 0.3) is 5.56 Å². The highest BCUT2D eigenvalue weighted by molar-refractivity contribution is 5.84. The van der Waals surface area contributed by atoms with Crippen LogP contribution in [0.1, 0.15) is 19.8 Å². The Hall–Kier alpha value is -3.98. The second-order valence-electron chi connectivity index (χ2n) is 8.30. The molecule has 1 aliphatic heterocycles. The molecule has 1 fully saturated rings. The molecule has 0 bridgehead atoms. The van der Waals surface area contributed by atoms with Gasteiger partial charge in [0, 0.05) is 12.7 Å². The fourth-order valence-corrected chi connectivity index (χ4v) is 4.73. The smallest absolute Gasteiger partial charge is 0.280 e. The predicted molar refractivity (Wildman–Crippen MR) is 123 cm³/mol. The first-order chi connectivity index (χ1) is 16.1. The first-order valence-electron chi connectivity index (χ1n) is 10.8. The monoisotopic (exact) mass is 442 g/mol. The lowest BCUT2D eigenvalue weighted by Gasteiger charge is -2.28. The van der Waals surface area contributed by atoms with Crippen molar-refractivity contribution in [3.63, 3.8) is 0 Å². The SMILES string of the molecule is COc1cccc(-n2nncc2-c2ncn3c2c(=O)n(C2(C)CCCO2)c2ccccc23)c1. The molecular formula is C24H22N6O3. The quantitative estimate of drug-likeness (QED) is 0.424. The van der Waals surface area contributed by atoms with Crippen molar-refractivity contribution in [2.75, 3.05) is 13.7 Å². The molecule has 1 atom stereocenters. The zero-order chi connectivity index (χ0) is 22.6. The molecule has 2 aromatic carbocycles. The van der Waals surface area contributed by atoms with Gasteiger partial charge in [0.2, 0.25) is 0 Å². The summed E-state index contributed by atoms with van der Waals surface area (Å²) in [7, 11) is 1.61. The standard InChI is InChI=1S/C24H22N6O3/c1-24(11-6-12-33-24)29-19-10-4-3-9-18(19)28-15-25-21(22(28)23(29)31)20-14-26-27-30(20)16-7-5-8-17(13-16)32-2/h3-5,7-10,13-15H,6,11-12H2,1-2H3. The van der Waals surface area contributed by atoms with Gasteiger partial charge in [-0.25, -0.2) is 9.67 Å². The maximum absolute atomic E-state index is 14.0. The highest BCUT2D eigenvalue weighted by Crippen LogP contribution is 2.33. The number of imidazole rings is 1. The highest BCUT2D eigenvalue weighted by Gasteiger charge is 2.35. The van der Waals surface area contributed by atoms with E-state index in [1.54, 1.807) is 28.9 Å². The van der Waals surface area contributed by atoms with E-state index in [2.05, 4.69) is 15.3 Å². The minimum absolute atomic E-state index is 0.163. The molecule has 0 spiro atoms. The van der Waals surface area contributed by atoms with E-state index >= 15 is 0 Å². The lowest BCUT2D eigenvalue weighted by Crippen LogP contribution is -2.39. The zero-order valence-corrected chi connectivity index (χ0v) is 18.3. The summed E-state index contributed by atoms with van der Waals surface area (Å²) < 4.78 is 16.7. The van der Waals surface area contributed by atoms with Crippen LogP contribution in [0.4, 0.5) is 0 Å². The van der Waals surface area contributed by atoms with Crippen molar-refractivity contribution in [1.82, 2.24) is 28.9 Å². The van der Waals surface area contributed by atoms with Crippen LogP contribution < -0.4 is 10.3 Å². The van der Waals surface area contributed by atoms with Crippen LogP contribution >= 0.6 is 0 Å². The fourth-order valence-electron chi connectivity index (χ4n) is 4.73. The Bertz CT molecular complexity index is 1560. The maximum atomic E-state index is 14.0. The number of methoxy groups -OCH3 is 1. The molecule has 0 saturated carbocycles. The minimum atomic E-state index is -0.717. The summed E-state index contributed by atoms with van der Waals surface area (Å²) in [5.74, 6) is 0.698. The fraction of sp³-hybridized carbons (Fsp3) is 0.250. The Morgan fingerprint density at radius 2 is 1.97 bits per heavy atom. The molecule has 33 heavy (non-hydrogen) atoms. The van der Waals surface area contributed by atoms with Crippen molar-refractivity contribution in [2.45, 2.75) is 25.5 Å². The van der Waals surface area contributed by atoms with E-state index < -0.39 is 5.72 Å². The van der Waals surface area contributed by atoms with Crippen LogP contribution in [0.25, 0.3) is 33.6 Å². The van der Waals surface area contributed by atoms with Gasteiger partial charge in [0.05, 0.1) is 30.0 Å². The summed E-state index contributed by atoms with van der Waals surface area (Å²) in [6.45, 7) is 2.60. The van der Waals surface area contributed by atoms with Crippen molar-refractivity contribution in [1.29, 1.82) is 0 Å². The third kappa shape index (κ3) is 2.89. The molecule has 5 aromatic rings. The van der Waals surface area contributed by atoms with Crippen LogP contribution in [0.5, 0.6) is 5.75 Å². The number of benzene rings is 2. The Labute approximate surface area is 188 Å². The van der Waals surface area contributed by atoms with E-state index in [-0.39, 0.29) is 5.56 Å². The van der Waals surface area contributed by atoms with Gasteiger partial charge in [-0.05, 0) is 44.0 Å². The van der Waals surface area contributed by atoms with E-state index in [0.29, 0.717) is 29.3 Å². The number of aromatic nitrogens is 6. The highest BCUT2D eigenvalue weighted by atomic mass is 16.5. The average Bonchev–Trinajstić information content (AvgIpc) is 3.59. The normalized spacial score (nSPS) is 18.4. The summed E-state index contributed by atoms with van der Waals surface area (Å²) in [5.41, 5.74) is 3.14. The van der Waals surface area contributed by atoms with Crippen molar-refractivity contribution in [2.24, 2.45) is 0 Å². The van der Waals surface area contributed by atoms with Gasteiger partial charge in [0.1, 0.15) is 34.7 Å². The third-order valence-electron chi connectivity index (χ3n) is 6.32. The van der Waals surface area contributed by atoms with Gasteiger partial charge < -0.3 is 9.47 Å². The first-order valence-corrected chi connectivity index (χ1v) is 10.8. The second kappa shape index (κ2) is 7.28. The molecule has 0 N–H and O–H groups in total. The lowest BCUT2D eigenvalue weighted by atomic mass is 10.1. The number of nitrogens with zero attached hydrogens (tertiary/aromatic N) is 6. The third-order valence-corrected chi connectivity index (χ3v) is 6.32. The summed E-state index contributed by atoms with van der Waals surface area (Å²) >= 11 is 0. The van der Waals surface area contributed by atoms with E-state index in [1.807, 2.05) is 59.9 Å². The van der Waals surface area contributed by atoms with Crippen molar-refractivity contribution in [3.8, 4) is 22.8 Å². The van der Waals surface area contributed by atoms with Gasteiger partial charge in [-0.3, -0.25) is 13.8 Å². The molecule has 9 heteroatoms. The van der Waals surface area contributed by atoms with Gasteiger partial charge in [-0.15, -0.1) is 5.10 Å². The first kappa shape index (κ1) is 19.7. The van der Waals surface area contributed by atoms with Crippen molar-refractivity contribution in [3.05, 3.63) is 71.4 Å². The van der Waals surface area contributed by atoms with E-state index in [9.17, 15) is 4.79 Å². The topological polar surface area (TPSA) is 88.5 Å². The van der Waals surface area contributed by atoms with Gasteiger partial charge in [-0.1, -0.05) is 23.4 Å². The summed E-state index contributed by atoms with van der Waals surface area (Å²) in [6, 6.07) is 15.3. The lowest BCUT2D eigenvalue weighted by molar-refractivity contribution is -0.0447. The van der Waals surface area contributed by atoms with Crippen LogP contribution in [0, 0.1) is 0 Å². The largest absolute Gasteiger partial charge is 0.497 e.